The Balaban J connectivity index is 1.84. The Labute approximate surface area is 136 Å². The van der Waals surface area contributed by atoms with E-state index < -0.39 is 0 Å². The van der Waals surface area contributed by atoms with E-state index in [1.54, 1.807) is 10.9 Å². The molecule has 0 radical (unpaired) electrons. The molecule has 4 aromatic rings. The summed E-state index contributed by atoms with van der Waals surface area (Å²) >= 11 is 0. The smallest absolute Gasteiger partial charge is 0.277 e. The number of imidazole rings is 1. The van der Waals surface area contributed by atoms with Crippen molar-refractivity contribution in [2.24, 2.45) is 0 Å². The van der Waals surface area contributed by atoms with Gasteiger partial charge in [0.05, 0.1) is 11.0 Å². The highest BCUT2D eigenvalue weighted by atomic mass is 16.5. The molecule has 0 amide bonds. The summed E-state index contributed by atoms with van der Waals surface area (Å²) in [4.78, 5) is 21.8. The topological polar surface area (TPSA) is 78.2 Å². The third kappa shape index (κ3) is 1.78. The van der Waals surface area contributed by atoms with Crippen LogP contribution < -0.4 is 5.56 Å². The first kappa shape index (κ1) is 13.5. The van der Waals surface area contributed by atoms with Gasteiger partial charge in [0.15, 0.2) is 0 Å². The molecule has 0 saturated heterocycles. The molecule has 24 heavy (non-hydrogen) atoms. The lowest BCUT2D eigenvalue weighted by atomic mass is 10.2. The number of fused-ring (bicyclic) bond motifs is 3. The predicted octanol–water partition coefficient (Wildman–Crippen LogP) is 2.60. The molecule has 0 atom stereocenters. The van der Waals surface area contributed by atoms with Gasteiger partial charge in [0.25, 0.3) is 5.56 Å². The summed E-state index contributed by atoms with van der Waals surface area (Å²) in [5.74, 6) is 1.39. The van der Waals surface area contributed by atoms with E-state index in [4.69, 9.17) is 4.52 Å². The Morgan fingerprint density at radius 2 is 2.04 bits per heavy atom. The van der Waals surface area contributed by atoms with E-state index in [1.165, 1.54) is 0 Å². The Kier molecular flexibility index (Phi) is 2.68. The van der Waals surface area contributed by atoms with Crippen LogP contribution in [0.15, 0.2) is 39.9 Å². The molecular weight excluding hydrogens is 306 g/mol. The molecule has 0 bridgehead atoms. The van der Waals surface area contributed by atoms with Crippen molar-refractivity contribution in [2.45, 2.75) is 32.2 Å². The van der Waals surface area contributed by atoms with Crippen LogP contribution in [0.5, 0.6) is 0 Å². The van der Waals surface area contributed by atoms with E-state index in [0.29, 0.717) is 35.4 Å². The third-order valence-electron chi connectivity index (χ3n) is 4.54. The van der Waals surface area contributed by atoms with Gasteiger partial charge in [-0.3, -0.25) is 9.20 Å². The minimum absolute atomic E-state index is 0.0959. The van der Waals surface area contributed by atoms with Gasteiger partial charge in [-0.1, -0.05) is 17.3 Å². The normalized spacial score (nSPS) is 14.7. The van der Waals surface area contributed by atoms with E-state index in [2.05, 4.69) is 15.1 Å². The second-order valence-electron chi connectivity index (χ2n) is 6.08. The van der Waals surface area contributed by atoms with Crippen molar-refractivity contribution in [3.05, 3.63) is 46.8 Å². The lowest BCUT2D eigenvalue weighted by Crippen LogP contribution is -2.22. The van der Waals surface area contributed by atoms with E-state index in [1.807, 2.05) is 35.6 Å². The maximum absolute atomic E-state index is 13.0. The molecule has 1 saturated carbocycles. The maximum Gasteiger partial charge on any atom is 0.277 e. The van der Waals surface area contributed by atoms with Gasteiger partial charge in [-0.2, -0.15) is 4.98 Å². The van der Waals surface area contributed by atoms with E-state index in [0.717, 1.165) is 23.9 Å². The molecule has 1 aromatic carbocycles. The van der Waals surface area contributed by atoms with Gasteiger partial charge in [0, 0.05) is 12.5 Å². The summed E-state index contributed by atoms with van der Waals surface area (Å²) in [6, 6.07) is 7.80. The van der Waals surface area contributed by atoms with Gasteiger partial charge in [-0.15, -0.1) is 0 Å². The zero-order chi connectivity index (χ0) is 16.3. The van der Waals surface area contributed by atoms with Crippen LogP contribution in [0.4, 0.5) is 0 Å². The monoisotopic (exact) mass is 321 g/mol. The van der Waals surface area contributed by atoms with Gasteiger partial charge in [0.2, 0.25) is 11.7 Å². The lowest BCUT2D eigenvalue weighted by Gasteiger charge is -2.10. The molecule has 1 aliphatic rings. The van der Waals surface area contributed by atoms with Crippen LogP contribution in [0.25, 0.3) is 28.1 Å². The van der Waals surface area contributed by atoms with Crippen LogP contribution >= 0.6 is 0 Å². The maximum atomic E-state index is 13.0. The number of benzene rings is 1. The molecule has 120 valence electrons. The highest BCUT2D eigenvalue weighted by Gasteiger charge is 2.30. The molecule has 0 unspecified atom stereocenters. The molecule has 0 N–H and O–H groups in total. The van der Waals surface area contributed by atoms with Crippen molar-refractivity contribution < 1.29 is 4.52 Å². The van der Waals surface area contributed by atoms with Gasteiger partial charge >= 0.3 is 0 Å². The Hall–Kier alpha value is -2.96. The van der Waals surface area contributed by atoms with E-state index in [9.17, 15) is 4.79 Å². The van der Waals surface area contributed by atoms with Crippen LogP contribution in [-0.4, -0.2) is 24.1 Å². The van der Waals surface area contributed by atoms with Gasteiger partial charge < -0.3 is 9.09 Å². The van der Waals surface area contributed by atoms with Gasteiger partial charge in [0.1, 0.15) is 17.5 Å². The standard InChI is InChI=1S/C17H15N5O2/c1-2-21-11-5-3-4-6-12(11)22-9-18-13(14(22)17(21)23)15-19-16(24-20-15)10-7-8-10/h3-6,9-10H,2,7-8H2,1H3. The first-order valence-corrected chi connectivity index (χ1v) is 8.10. The van der Waals surface area contributed by atoms with Gasteiger partial charge in [-0.25, -0.2) is 4.98 Å². The van der Waals surface area contributed by atoms with Crippen molar-refractivity contribution in [3.8, 4) is 11.5 Å². The Bertz CT molecular complexity index is 1130. The summed E-state index contributed by atoms with van der Waals surface area (Å²) in [5.41, 5.74) is 2.68. The first-order chi connectivity index (χ1) is 11.8. The first-order valence-electron chi connectivity index (χ1n) is 8.10. The SMILES string of the molecule is CCn1c(=O)c2c(-c3noc(C4CC4)n3)ncn2c2ccccc21. The summed E-state index contributed by atoms with van der Waals surface area (Å²) in [5, 5.41) is 4.04. The lowest BCUT2D eigenvalue weighted by molar-refractivity contribution is 0.380. The minimum atomic E-state index is -0.0959. The zero-order valence-corrected chi connectivity index (χ0v) is 13.1. The van der Waals surface area contributed by atoms with Crippen molar-refractivity contribution in [1.82, 2.24) is 24.1 Å². The molecule has 0 aliphatic heterocycles. The molecule has 1 fully saturated rings. The number of nitrogens with zero attached hydrogens (tertiary/aromatic N) is 5. The fourth-order valence-corrected chi connectivity index (χ4v) is 3.17. The quantitative estimate of drug-likeness (QED) is 0.579. The van der Waals surface area contributed by atoms with Crippen molar-refractivity contribution in [2.75, 3.05) is 0 Å². The second kappa shape index (κ2) is 4.77. The van der Waals surface area contributed by atoms with E-state index >= 15 is 0 Å². The molecule has 3 heterocycles. The average molecular weight is 321 g/mol. The summed E-state index contributed by atoms with van der Waals surface area (Å²) in [6.45, 7) is 2.54. The van der Waals surface area contributed by atoms with Crippen LogP contribution in [0, 0.1) is 0 Å². The minimum Gasteiger partial charge on any atom is -0.339 e. The van der Waals surface area contributed by atoms with Crippen molar-refractivity contribution in [3.63, 3.8) is 0 Å². The molecule has 7 heteroatoms. The van der Waals surface area contributed by atoms with E-state index in [-0.39, 0.29) is 5.56 Å². The van der Waals surface area contributed by atoms with Crippen molar-refractivity contribution >= 4 is 16.6 Å². The van der Waals surface area contributed by atoms with Crippen LogP contribution in [0.3, 0.4) is 0 Å². The Morgan fingerprint density at radius 3 is 2.79 bits per heavy atom. The summed E-state index contributed by atoms with van der Waals surface area (Å²) < 4.78 is 8.89. The fraction of sp³-hybridized carbons (Fsp3) is 0.294. The highest BCUT2D eigenvalue weighted by Crippen LogP contribution is 2.39. The zero-order valence-electron chi connectivity index (χ0n) is 13.1. The van der Waals surface area contributed by atoms with Crippen molar-refractivity contribution in [1.29, 1.82) is 0 Å². The number of rotatable bonds is 3. The van der Waals surface area contributed by atoms with Crippen LogP contribution in [-0.2, 0) is 6.54 Å². The predicted molar refractivity (Wildman–Crippen MR) is 87.9 cm³/mol. The number of para-hydroxylation sites is 2. The third-order valence-corrected chi connectivity index (χ3v) is 4.54. The highest BCUT2D eigenvalue weighted by molar-refractivity contribution is 5.83. The fourth-order valence-electron chi connectivity index (χ4n) is 3.17. The number of aryl methyl sites for hydroxylation is 1. The summed E-state index contributed by atoms with van der Waals surface area (Å²) in [7, 11) is 0. The van der Waals surface area contributed by atoms with Gasteiger partial charge in [-0.05, 0) is 31.9 Å². The molecule has 3 aromatic heterocycles. The van der Waals surface area contributed by atoms with Crippen LogP contribution in [0.1, 0.15) is 31.6 Å². The number of aromatic nitrogens is 5. The van der Waals surface area contributed by atoms with Crippen LogP contribution in [0.2, 0.25) is 0 Å². The number of hydrogen-bond donors (Lipinski definition) is 0. The molecule has 1 aliphatic carbocycles. The average Bonchev–Trinajstić information content (AvgIpc) is 3.17. The second-order valence-corrected chi connectivity index (χ2v) is 6.08. The molecule has 7 nitrogen and oxygen atoms in total. The summed E-state index contributed by atoms with van der Waals surface area (Å²) in [6.07, 6.45) is 3.82. The number of hydrogen-bond acceptors (Lipinski definition) is 5. The molecule has 5 rings (SSSR count). The largest absolute Gasteiger partial charge is 0.339 e. The molecular formula is C17H15N5O2. The Morgan fingerprint density at radius 1 is 1.25 bits per heavy atom. The molecule has 0 spiro atoms.